The molecule has 1 N–H and O–H groups in total. The maximum atomic E-state index is 12.1. The SMILES string of the molecule is Cn1ccnc1SCC(=O)Nc1sc2c(c1C#N)CCCC2. The first-order chi connectivity index (χ1) is 10.7. The maximum absolute atomic E-state index is 12.1. The molecule has 2 aromatic heterocycles. The summed E-state index contributed by atoms with van der Waals surface area (Å²) in [4.78, 5) is 17.6. The lowest BCUT2D eigenvalue weighted by Crippen LogP contribution is -2.14. The van der Waals surface area contributed by atoms with Gasteiger partial charge in [0.25, 0.3) is 0 Å². The van der Waals surface area contributed by atoms with E-state index in [1.54, 1.807) is 17.5 Å². The normalized spacial score (nSPS) is 13.5. The van der Waals surface area contributed by atoms with Gasteiger partial charge >= 0.3 is 0 Å². The van der Waals surface area contributed by atoms with Crippen molar-refractivity contribution >= 4 is 34.0 Å². The molecule has 0 radical (unpaired) electrons. The molecular weight excluding hydrogens is 316 g/mol. The Morgan fingerprint density at radius 1 is 1.55 bits per heavy atom. The highest BCUT2D eigenvalue weighted by molar-refractivity contribution is 7.99. The number of aryl methyl sites for hydroxylation is 2. The number of thiophene rings is 1. The molecule has 2 heterocycles. The van der Waals surface area contributed by atoms with Crippen molar-refractivity contribution in [2.75, 3.05) is 11.1 Å². The number of nitriles is 1. The van der Waals surface area contributed by atoms with Gasteiger partial charge in [0.1, 0.15) is 11.1 Å². The molecule has 0 bridgehead atoms. The molecule has 1 aliphatic rings. The van der Waals surface area contributed by atoms with E-state index in [0.29, 0.717) is 10.6 Å². The number of carbonyl (C=O) groups excluding carboxylic acids is 1. The number of anilines is 1. The first-order valence-electron chi connectivity index (χ1n) is 7.13. The average Bonchev–Trinajstić information content (AvgIpc) is 3.07. The van der Waals surface area contributed by atoms with Crippen molar-refractivity contribution in [3.05, 3.63) is 28.4 Å². The van der Waals surface area contributed by atoms with Gasteiger partial charge in [0.15, 0.2) is 5.16 Å². The van der Waals surface area contributed by atoms with Crippen molar-refractivity contribution in [3.63, 3.8) is 0 Å². The number of fused-ring (bicyclic) bond motifs is 1. The van der Waals surface area contributed by atoms with Crippen molar-refractivity contribution in [1.82, 2.24) is 9.55 Å². The van der Waals surface area contributed by atoms with Crippen LogP contribution in [0.2, 0.25) is 0 Å². The monoisotopic (exact) mass is 332 g/mol. The minimum atomic E-state index is -0.0944. The minimum absolute atomic E-state index is 0.0944. The molecule has 0 spiro atoms. The van der Waals surface area contributed by atoms with E-state index in [2.05, 4.69) is 16.4 Å². The number of carbonyl (C=O) groups is 1. The van der Waals surface area contributed by atoms with E-state index in [4.69, 9.17) is 0 Å². The van der Waals surface area contributed by atoms with Crippen LogP contribution in [0.15, 0.2) is 17.6 Å². The van der Waals surface area contributed by atoms with Crippen LogP contribution in [-0.4, -0.2) is 21.2 Å². The Morgan fingerprint density at radius 2 is 2.36 bits per heavy atom. The van der Waals surface area contributed by atoms with Crippen LogP contribution in [0.4, 0.5) is 5.00 Å². The molecule has 114 valence electrons. The summed E-state index contributed by atoms with van der Waals surface area (Å²) in [6.07, 6.45) is 7.82. The standard InChI is InChI=1S/C15H16N4OS2/c1-19-7-6-17-15(19)21-9-13(20)18-14-11(8-16)10-4-2-3-5-12(10)22-14/h6-7H,2-5,9H2,1H3,(H,18,20). The van der Waals surface area contributed by atoms with Gasteiger partial charge in [0, 0.05) is 24.3 Å². The Balaban J connectivity index is 1.68. The van der Waals surface area contributed by atoms with Crippen LogP contribution in [0.25, 0.3) is 0 Å². The molecule has 7 heteroatoms. The Labute approximate surface area is 137 Å². The smallest absolute Gasteiger partial charge is 0.235 e. The quantitative estimate of drug-likeness (QED) is 0.874. The van der Waals surface area contributed by atoms with E-state index in [-0.39, 0.29) is 11.7 Å². The summed E-state index contributed by atoms with van der Waals surface area (Å²) in [5.74, 6) is 0.196. The van der Waals surface area contributed by atoms with Crippen molar-refractivity contribution in [2.45, 2.75) is 30.8 Å². The van der Waals surface area contributed by atoms with Gasteiger partial charge in [-0.2, -0.15) is 5.26 Å². The number of imidazole rings is 1. The highest BCUT2D eigenvalue weighted by Crippen LogP contribution is 2.37. The first-order valence-corrected chi connectivity index (χ1v) is 8.94. The molecule has 3 rings (SSSR count). The molecule has 1 amide bonds. The third-order valence-corrected chi connectivity index (χ3v) is 5.91. The van der Waals surface area contributed by atoms with Crippen molar-refractivity contribution in [2.24, 2.45) is 7.05 Å². The van der Waals surface area contributed by atoms with Gasteiger partial charge in [0.05, 0.1) is 11.3 Å². The van der Waals surface area contributed by atoms with E-state index < -0.39 is 0 Å². The van der Waals surface area contributed by atoms with Crippen molar-refractivity contribution < 1.29 is 4.79 Å². The molecule has 22 heavy (non-hydrogen) atoms. The van der Waals surface area contributed by atoms with E-state index in [9.17, 15) is 10.1 Å². The van der Waals surface area contributed by atoms with Gasteiger partial charge < -0.3 is 9.88 Å². The second kappa shape index (κ2) is 6.55. The number of nitrogens with zero attached hydrogens (tertiary/aromatic N) is 3. The largest absolute Gasteiger partial charge is 0.329 e. The molecule has 0 unspecified atom stereocenters. The summed E-state index contributed by atoms with van der Waals surface area (Å²) in [5.41, 5.74) is 1.81. The van der Waals surface area contributed by atoms with Crippen LogP contribution >= 0.6 is 23.1 Å². The lowest BCUT2D eigenvalue weighted by atomic mass is 9.96. The molecule has 5 nitrogen and oxygen atoms in total. The Bertz CT molecular complexity index is 741. The zero-order chi connectivity index (χ0) is 15.5. The third kappa shape index (κ3) is 3.03. The fourth-order valence-corrected chi connectivity index (χ4v) is 4.54. The molecule has 0 fully saturated rings. The van der Waals surface area contributed by atoms with Gasteiger partial charge in [0.2, 0.25) is 5.91 Å². The molecule has 0 atom stereocenters. The summed E-state index contributed by atoms with van der Waals surface area (Å²) in [6.45, 7) is 0. The van der Waals surface area contributed by atoms with Gasteiger partial charge in [-0.3, -0.25) is 4.79 Å². The van der Waals surface area contributed by atoms with Gasteiger partial charge in [-0.25, -0.2) is 4.98 Å². The number of thioether (sulfide) groups is 1. The second-order valence-electron chi connectivity index (χ2n) is 5.18. The summed E-state index contributed by atoms with van der Waals surface area (Å²) in [5, 5.41) is 13.8. The molecular formula is C15H16N4OS2. The van der Waals surface area contributed by atoms with Crippen LogP contribution in [0.5, 0.6) is 0 Å². The molecule has 0 saturated heterocycles. The average molecular weight is 332 g/mol. The highest BCUT2D eigenvalue weighted by atomic mass is 32.2. The number of nitrogens with one attached hydrogen (secondary N) is 1. The zero-order valence-corrected chi connectivity index (χ0v) is 13.9. The predicted octanol–water partition coefficient (Wildman–Crippen LogP) is 2.96. The number of amides is 1. The Hall–Kier alpha value is -1.78. The second-order valence-corrected chi connectivity index (χ2v) is 7.23. The molecule has 0 aromatic carbocycles. The summed E-state index contributed by atoms with van der Waals surface area (Å²) in [6, 6.07) is 2.26. The predicted molar refractivity (Wildman–Crippen MR) is 88.2 cm³/mol. The Kier molecular flexibility index (Phi) is 4.50. The van der Waals surface area contributed by atoms with E-state index in [0.717, 1.165) is 30.0 Å². The molecule has 0 saturated carbocycles. The fraction of sp³-hybridized carbons (Fsp3) is 0.400. The van der Waals surface area contributed by atoms with Crippen LogP contribution in [-0.2, 0) is 24.7 Å². The van der Waals surface area contributed by atoms with Crippen LogP contribution < -0.4 is 5.32 Å². The van der Waals surface area contributed by atoms with Crippen molar-refractivity contribution in [3.8, 4) is 6.07 Å². The number of hydrogen-bond acceptors (Lipinski definition) is 5. The topological polar surface area (TPSA) is 70.7 Å². The van der Waals surface area contributed by atoms with Crippen LogP contribution in [0.3, 0.4) is 0 Å². The summed E-state index contributed by atoms with van der Waals surface area (Å²) < 4.78 is 1.88. The number of hydrogen-bond donors (Lipinski definition) is 1. The molecule has 1 aliphatic carbocycles. The lowest BCUT2D eigenvalue weighted by Gasteiger charge is -2.09. The summed E-state index contributed by atoms with van der Waals surface area (Å²) in [7, 11) is 1.90. The van der Waals surface area contributed by atoms with E-state index >= 15 is 0 Å². The third-order valence-electron chi connectivity index (χ3n) is 3.65. The lowest BCUT2D eigenvalue weighted by molar-refractivity contribution is -0.113. The van der Waals surface area contributed by atoms with Crippen LogP contribution in [0.1, 0.15) is 28.8 Å². The van der Waals surface area contributed by atoms with Crippen LogP contribution in [0, 0.1) is 11.3 Å². The minimum Gasteiger partial charge on any atom is -0.329 e. The van der Waals surface area contributed by atoms with Gasteiger partial charge in [-0.15, -0.1) is 11.3 Å². The highest BCUT2D eigenvalue weighted by Gasteiger charge is 2.21. The first kappa shape index (κ1) is 15.1. The van der Waals surface area contributed by atoms with Crippen molar-refractivity contribution in [1.29, 1.82) is 5.26 Å². The van der Waals surface area contributed by atoms with E-state index in [1.807, 2.05) is 17.8 Å². The summed E-state index contributed by atoms with van der Waals surface area (Å²) >= 11 is 2.95. The van der Waals surface area contributed by atoms with Gasteiger partial charge in [-0.05, 0) is 31.2 Å². The number of rotatable bonds is 4. The fourth-order valence-electron chi connectivity index (χ4n) is 2.56. The van der Waals surface area contributed by atoms with E-state index in [1.165, 1.54) is 23.1 Å². The maximum Gasteiger partial charge on any atom is 0.235 e. The zero-order valence-electron chi connectivity index (χ0n) is 12.3. The van der Waals surface area contributed by atoms with Gasteiger partial charge in [-0.1, -0.05) is 11.8 Å². The molecule has 2 aromatic rings. The number of aromatic nitrogens is 2. The molecule has 0 aliphatic heterocycles. The Morgan fingerprint density at radius 3 is 3.09 bits per heavy atom.